The number of hydrogen-bond acceptors (Lipinski definition) is 2. The molecule has 1 saturated heterocycles. The zero-order valence-electron chi connectivity index (χ0n) is 12.2. The second-order valence-electron chi connectivity index (χ2n) is 6.09. The van der Waals surface area contributed by atoms with Crippen molar-refractivity contribution >= 4 is 10.9 Å². The predicted molar refractivity (Wildman–Crippen MR) is 79.5 cm³/mol. The van der Waals surface area contributed by atoms with Crippen LogP contribution in [0.1, 0.15) is 25.5 Å². The average Bonchev–Trinajstić information content (AvgIpc) is 2.76. The Hall–Kier alpha value is -1.42. The summed E-state index contributed by atoms with van der Waals surface area (Å²) in [6.07, 6.45) is 2.42. The predicted octanol–water partition coefficient (Wildman–Crippen LogP) is 2.84. The van der Waals surface area contributed by atoms with Crippen LogP contribution >= 0.6 is 0 Å². The molecular weight excluding hydrogens is 253 g/mol. The summed E-state index contributed by atoms with van der Waals surface area (Å²) in [5.41, 5.74) is 0.739. The summed E-state index contributed by atoms with van der Waals surface area (Å²) in [6.45, 7) is 3.52. The molecule has 0 radical (unpaired) electrons. The minimum absolute atomic E-state index is 0.0806. The average molecular weight is 275 g/mol. The lowest BCUT2D eigenvalue weighted by Crippen LogP contribution is -2.42. The van der Waals surface area contributed by atoms with Crippen LogP contribution < -0.4 is 5.32 Å². The van der Waals surface area contributed by atoms with Crippen LogP contribution in [-0.2, 0) is 13.5 Å². The number of nitrogens with zero attached hydrogens (tertiary/aromatic N) is 2. The molecule has 2 atom stereocenters. The number of halogens is 1. The van der Waals surface area contributed by atoms with Crippen LogP contribution in [0.5, 0.6) is 0 Å². The largest absolute Gasteiger partial charge is 0.316 e. The summed E-state index contributed by atoms with van der Waals surface area (Å²) >= 11 is 0. The number of aromatic nitrogens is 2. The Morgan fingerprint density at radius 3 is 3.00 bits per heavy atom. The van der Waals surface area contributed by atoms with Crippen LogP contribution in [0.2, 0.25) is 0 Å². The van der Waals surface area contributed by atoms with Gasteiger partial charge in [0.15, 0.2) is 0 Å². The van der Waals surface area contributed by atoms with E-state index in [1.807, 2.05) is 36.0 Å². The number of nitrogens with one attached hydrogen (secondary N) is 1. The van der Waals surface area contributed by atoms with E-state index < -0.39 is 5.67 Å². The Labute approximate surface area is 119 Å². The summed E-state index contributed by atoms with van der Waals surface area (Å²) < 4.78 is 17.0. The molecule has 0 amide bonds. The molecule has 2 unspecified atom stereocenters. The van der Waals surface area contributed by atoms with Crippen molar-refractivity contribution in [2.45, 2.75) is 31.9 Å². The Balaban J connectivity index is 1.88. The zero-order valence-corrected chi connectivity index (χ0v) is 12.2. The summed E-state index contributed by atoms with van der Waals surface area (Å²) in [7, 11) is 1.92. The molecule has 108 valence electrons. The van der Waals surface area contributed by atoms with Crippen molar-refractivity contribution in [3.8, 4) is 0 Å². The van der Waals surface area contributed by atoms with E-state index in [0.717, 1.165) is 42.5 Å². The highest BCUT2D eigenvalue weighted by atomic mass is 19.1. The minimum atomic E-state index is -1.20. The van der Waals surface area contributed by atoms with Gasteiger partial charge in [-0.3, -0.25) is 4.68 Å². The highest BCUT2D eigenvalue weighted by Crippen LogP contribution is 2.32. The van der Waals surface area contributed by atoms with Gasteiger partial charge in [0.1, 0.15) is 5.67 Å². The normalized spacial score (nSPS) is 22.9. The molecule has 1 fully saturated rings. The van der Waals surface area contributed by atoms with Crippen molar-refractivity contribution in [3.05, 3.63) is 30.0 Å². The number of alkyl halides is 1. The molecule has 1 aromatic carbocycles. The molecule has 4 heteroatoms. The molecule has 0 aliphatic carbocycles. The molecule has 2 heterocycles. The molecule has 1 aromatic heterocycles. The Morgan fingerprint density at radius 1 is 1.45 bits per heavy atom. The molecule has 20 heavy (non-hydrogen) atoms. The summed E-state index contributed by atoms with van der Waals surface area (Å²) in [6, 6.07) is 8.05. The van der Waals surface area contributed by atoms with Crippen molar-refractivity contribution in [2.75, 3.05) is 13.1 Å². The molecule has 1 aliphatic heterocycles. The Bertz CT molecular complexity index is 597. The number of benzene rings is 1. The molecule has 0 spiro atoms. The van der Waals surface area contributed by atoms with E-state index in [2.05, 4.69) is 10.4 Å². The monoisotopic (exact) mass is 275 g/mol. The van der Waals surface area contributed by atoms with Gasteiger partial charge >= 0.3 is 0 Å². The van der Waals surface area contributed by atoms with Gasteiger partial charge < -0.3 is 5.32 Å². The lowest BCUT2D eigenvalue weighted by atomic mass is 9.81. The molecule has 3 rings (SSSR count). The van der Waals surface area contributed by atoms with Gasteiger partial charge in [0.05, 0.1) is 11.2 Å². The first-order valence-corrected chi connectivity index (χ1v) is 7.38. The molecule has 0 bridgehead atoms. The number of hydrogen-bond donors (Lipinski definition) is 1. The second kappa shape index (κ2) is 5.17. The van der Waals surface area contributed by atoms with E-state index in [1.54, 1.807) is 6.92 Å². The van der Waals surface area contributed by atoms with E-state index >= 15 is 4.39 Å². The fourth-order valence-electron chi connectivity index (χ4n) is 3.26. The number of rotatable bonds is 3. The number of piperidine rings is 1. The quantitative estimate of drug-likeness (QED) is 0.933. The van der Waals surface area contributed by atoms with Gasteiger partial charge in [-0.1, -0.05) is 18.2 Å². The molecule has 1 N–H and O–H groups in total. The first-order chi connectivity index (χ1) is 9.58. The number of aryl methyl sites for hydroxylation is 1. The fraction of sp³-hybridized carbons (Fsp3) is 0.562. The van der Waals surface area contributed by atoms with E-state index in [1.165, 1.54) is 0 Å². The van der Waals surface area contributed by atoms with Crippen LogP contribution in [0.3, 0.4) is 0 Å². The van der Waals surface area contributed by atoms with Gasteiger partial charge in [-0.15, -0.1) is 0 Å². The highest BCUT2D eigenvalue weighted by Gasteiger charge is 2.36. The van der Waals surface area contributed by atoms with E-state index in [9.17, 15) is 0 Å². The standard InChI is InChI=1S/C16H22FN3/c1-16(17,12-6-5-9-18-11-12)10-14-13-7-3-4-8-15(13)20(2)19-14/h3-4,7-8,12,18H,5-6,9-11H2,1-2H3. The van der Waals surface area contributed by atoms with Gasteiger partial charge in [-0.2, -0.15) is 5.10 Å². The van der Waals surface area contributed by atoms with Crippen LogP contribution in [-0.4, -0.2) is 28.5 Å². The van der Waals surface area contributed by atoms with Crippen molar-refractivity contribution in [1.29, 1.82) is 0 Å². The van der Waals surface area contributed by atoms with Gasteiger partial charge in [0, 0.05) is 31.3 Å². The zero-order chi connectivity index (χ0) is 14.2. The number of para-hydroxylation sites is 1. The third-order valence-corrected chi connectivity index (χ3v) is 4.50. The lowest BCUT2D eigenvalue weighted by Gasteiger charge is -2.33. The molecule has 0 saturated carbocycles. The van der Waals surface area contributed by atoms with Crippen LogP contribution in [0, 0.1) is 5.92 Å². The van der Waals surface area contributed by atoms with E-state index in [4.69, 9.17) is 0 Å². The maximum atomic E-state index is 15.1. The second-order valence-corrected chi connectivity index (χ2v) is 6.09. The van der Waals surface area contributed by atoms with Gasteiger partial charge in [-0.25, -0.2) is 4.39 Å². The maximum absolute atomic E-state index is 15.1. The topological polar surface area (TPSA) is 29.9 Å². The smallest absolute Gasteiger partial charge is 0.117 e. The van der Waals surface area contributed by atoms with E-state index in [0.29, 0.717) is 6.42 Å². The summed E-state index contributed by atoms with van der Waals surface area (Å²) in [5.74, 6) is 0.0806. The van der Waals surface area contributed by atoms with Crippen molar-refractivity contribution in [2.24, 2.45) is 13.0 Å². The molecular formula is C16H22FN3. The van der Waals surface area contributed by atoms with Crippen LogP contribution in [0.25, 0.3) is 10.9 Å². The SMILES string of the molecule is Cn1nc(CC(C)(F)C2CCCNC2)c2ccccc21. The first kappa shape index (κ1) is 13.6. The fourth-order valence-corrected chi connectivity index (χ4v) is 3.26. The molecule has 1 aliphatic rings. The number of fused-ring (bicyclic) bond motifs is 1. The van der Waals surface area contributed by atoms with Crippen molar-refractivity contribution in [3.63, 3.8) is 0 Å². The molecule has 3 nitrogen and oxygen atoms in total. The summed E-state index contributed by atoms with van der Waals surface area (Å²) in [5, 5.41) is 8.90. The Kier molecular flexibility index (Phi) is 3.50. The summed E-state index contributed by atoms with van der Waals surface area (Å²) in [4.78, 5) is 0. The third-order valence-electron chi connectivity index (χ3n) is 4.50. The minimum Gasteiger partial charge on any atom is -0.316 e. The first-order valence-electron chi connectivity index (χ1n) is 7.38. The van der Waals surface area contributed by atoms with Gasteiger partial charge in [0.2, 0.25) is 0 Å². The highest BCUT2D eigenvalue weighted by molar-refractivity contribution is 5.81. The van der Waals surface area contributed by atoms with Crippen molar-refractivity contribution < 1.29 is 4.39 Å². The third kappa shape index (κ3) is 2.44. The van der Waals surface area contributed by atoms with Gasteiger partial charge in [-0.05, 0) is 32.4 Å². The lowest BCUT2D eigenvalue weighted by molar-refractivity contribution is 0.0825. The molecule has 2 aromatic rings. The maximum Gasteiger partial charge on any atom is 0.117 e. The van der Waals surface area contributed by atoms with E-state index in [-0.39, 0.29) is 5.92 Å². The van der Waals surface area contributed by atoms with Gasteiger partial charge in [0.25, 0.3) is 0 Å². The Morgan fingerprint density at radius 2 is 2.25 bits per heavy atom. The van der Waals surface area contributed by atoms with Crippen molar-refractivity contribution in [1.82, 2.24) is 15.1 Å². The van der Waals surface area contributed by atoms with Crippen LogP contribution in [0.4, 0.5) is 4.39 Å². The van der Waals surface area contributed by atoms with Crippen LogP contribution in [0.15, 0.2) is 24.3 Å².